The summed E-state index contributed by atoms with van der Waals surface area (Å²) in [4.78, 5) is 16.2. The summed E-state index contributed by atoms with van der Waals surface area (Å²) in [7, 11) is 0. The van der Waals surface area contributed by atoms with E-state index in [1.54, 1.807) is 13.0 Å². The molecule has 2 heterocycles. The molecule has 1 amide bonds. The summed E-state index contributed by atoms with van der Waals surface area (Å²) in [5.74, 6) is -0.124. The molecule has 5 nitrogen and oxygen atoms in total. The van der Waals surface area contributed by atoms with Crippen molar-refractivity contribution >= 4 is 17.5 Å². The number of hydrogen-bond donors (Lipinski definition) is 1. The van der Waals surface area contributed by atoms with Gasteiger partial charge in [-0.1, -0.05) is 23.7 Å². The SMILES string of the molecule is Cc1c(C(=O)NCCc2cccc(Cl)c2)cnn1-c1ccc(C(F)(F)F)cn1. The van der Waals surface area contributed by atoms with E-state index in [4.69, 9.17) is 11.6 Å². The summed E-state index contributed by atoms with van der Waals surface area (Å²) in [6, 6.07) is 9.49. The largest absolute Gasteiger partial charge is 0.417 e. The van der Waals surface area contributed by atoms with Crippen LogP contribution in [0.2, 0.25) is 5.02 Å². The number of halogens is 4. The molecule has 0 bridgehead atoms. The van der Waals surface area contributed by atoms with E-state index in [9.17, 15) is 18.0 Å². The lowest BCUT2D eigenvalue weighted by molar-refractivity contribution is -0.137. The Hall–Kier alpha value is -2.87. The van der Waals surface area contributed by atoms with Gasteiger partial charge in [0.05, 0.1) is 23.0 Å². The molecule has 0 radical (unpaired) electrons. The number of carbonyl (C=O) groups excluding carboxylic acids is 1. The molecule has 3 aromatic rings. The van der Waals surface area contributed by atoms with Crippen LogP contribution in [0.4, 0.5) is 13.2 Å². The number of rotatable bonds is 5. The Bertz CT molecular complexity index is 984. The van der Waals surface area contributed by atoms with E-state index in [1.807, 2.05) is 18.2 Å². The van der Waals surface area contributed by atoms with Crippen molar-refractivity contribution in [3.05, 3.63) is 76.2 Å². The number of pyridine rings is 1. The number of hydrogen-bond acceptors (Lipinski definition) is 3. The van der Waals surface area contributed by atoms with Crippen molar-refractivity contribution in [3.8, 4) is 5.82 Å². The summed E-state index contributed by atoms with van der Waals surface area (Å²) in [5.41, 5.74) is 0.953. The molecule has 3 rings (SSSR count). The molecule has 0 spiro atoms. The monoisotopic (exact) mass is 408 g/mol. The van der Waals surface area contributed by atoms with Crippen LogP contribution in [0.15, 0.2) is 48.8 Å². The summed E-state index contributed by atoms with van der Waals surface area (Å²) in [6.07, 6.45) is -1.75. The maximum absolute atomic E-state index is 12.7. The Morgan fingerprint density at radius 1 is 1.21 bits per heavy atom. The first-order chi connectivity index (χ1) is 13.3. The van der Waals surface area contributed by atoms with E-state index in [-0.39, 0.29) is 11.7 Å². The molecule has 0 aliphatic heterocycles. The Kier molecular flexibility index (Phi) is 5.69. The molecule has 0 unspecified atom stereocenters. The first kappa shape index (κ1) is 19.9. The summed E-state index contributed by atoms with van der Waals surface area (Å²) in [6.45, 7) is 2.06. The van der Waals surface area contributed by atoms with Gasteiger partial charge in [-0.2, -0.15) is 18.3 Å². The molecule has 0 saturated carbocycles. The van der Waals surface area contributed by atoms with E-state index in [0.717, 1.165) is 17.8 Å². The van der Waals surface area contributed by atoms with Crippen molar-refractivity contribution in [2.45, 2.75) is 19.5 Å². The fourth-order valence-electron chi connectivity index (χ4n) is 2.65. The molecule has 0 atom stereocenters. The zero-order chi connectivity index (χ0) is 20.3. The molecular weight excluding hydrogens is 393 g/mol. The van der Waals surface area contributed by atoms with Gasteiger partial charge in [0.15, 0.2) is 5.82 Å². The average Bonchev–Trinajstić information content (AvgIpc) is 3.02. The van der Waals surface area contributed by atoms with Crippen molar-refractivity contribution in [1.29, 1.82) is 0 Å². The third kappa shape index (κ3) is 4.51. The topological polar surface area (TPSA) is 59.8 Å². The van der Waals surface area contributed by atoms with Gasteiger partial charge >= 0.3 is 6.18 Å². The molecule has 28 heavy (non-hydrogen) atoms. The van der Waals surface area contributed by atoms with Crippen molar-refractivity contribution in [2.75, 3.05) is 6.54 Å². The summed E-state index contributed by atoms with van der Waals surface area (Å²) < 4.78 is 39.3. The van der Waals surface area contributed by atoms with Gasteiger partial charge in [-0.05, 0) is 43.2 Å². The summed E-state index contributed by atoms with van der Waals surface area (Å²) >= 11 is 5.93. The highest BCUT2D eigenvalue weighted by Gasteiger charge is 2.30. The second-order valence-electron chi connectivity index (χ2n) is 6.09. The molecule has 0 saturated heterocycles. The molecule has 1 N–H and O–H groups in total. The maximum atomic E-state index is 12.7. The van der Waals surface area contributed by atoms with Crippen LogP contribution in [0.3, 0.4) is 0 Å². The molecular formula is C19H16ClF3N4O. The van der Waals surface area contributed by atoms with Gasteiger partial charge in [0.2, 0.25) is 0 Å². The standard InChI is InChI=1S/C19H16ClF3N4O/c1-12-16(18(28)24-8-7-13-3-2-4-15(20)9-13)11-26-27(12)17-6-5-14(10-25-17)19(21,22)23/h2-6,9-11H,7-8H2,1H3,(H,24,28). The third-order valence-corrected chi connectivity index (χ3v) is 4.37. The number of amides is 1. The van der Waals surface area contributed by atoms with Crippen LogP contribution in [-0.2, 0) is 12.6 Å². The molecule has 1 aromatic carbocycles. The van der Waals surface area contributed by atoms with Crippen molar-refractivity contribution in [1.82, 2.24) is 20.1 Å². The number of nitrogens with one attached hydrogen (secondary N) is 1. The molecule has 9 heteroatoms. The van der Waals surface area contributed by atoms with E-state index >= 15 is 0 Å². The Morgan fingerprint density at radius 2 is 2.00 bits per heavy atom. The normalized spacial score (nSPS) is 11.5. The number of alkyl halides is 3. The van der Waals surface area contributed by atoms with Crippen molar-refractivity contribution < 1.29 is 18.0 Å². The van der Waals surface area contributed by atoms with Crippen LogP contribution >= 0.6 is 11.6 Å². The minimum atomic E-state index is -4.46. The Labute approximate surface area is 164 Å². The Morgan fingerprint density at radius 3 is 2.64 bits per heavy atom. The predicted molar refractivity (Wildman–Crippen MR) is 98.6 cm³/mol. The third-order valence-electron chi connectivity index (χ3n) is 4.13. The van der Waals surface area contributed by atoms with Gasteiger partial charge in [-0.25, -0.2) is 9.67 Å². The highest BCUT2D eigenvalue weighted by molar-refractivity contribution is 6.30. The van der Waals surface area contributed by atoms with Crippen LogP contribution in [0.25, 0.3) is 5.82 Å². The van der Waals surface area contributed by atoms with E-state index < -0.39 is 11.7 Å². The zero-order valence-corrected chi connectivity index (χ0v) is 15.6. The Balaban J connectivity index is 1.67. The fourth-order valence-corrected chi connectivity index (χ4v) is 2.86. The van der Waals surface area contributed by atoms with Gasteiger partial charge in [0, 0.05) is 17.8 Å². The zero-order valence-electron chi connectivity index (χ0n) is 14.8. The fraction of sp³-hybridized carbons (Fsp3) is 0.211. The molecule has 0 aliphatic carbocycles. The highest BCUT2D eigenvalue weighted by Crippen LogP contribution is 2.28. The summed E-state index contributed by atoms with van der Waals surface area (Å²) in [5, 5.41) is 7.50. The first-order valence-electron chi connectivity index (χ1n) is 8.36. The van der Waals surface area contributed by atoms with Crippen LogP contribution in [0.1, 0.15) is 27.2 Å². The van der Waals surface area contributed by atoms with Gasteiger partial charge in [0.25, 0.3) is 5.91 Å². The number of benzene rings is 1. The van der Waals surface area contributed by atoms with Gasteiger partial charge in [0.1, 0.15) is 0 Å². The van der Waals surface area contributed by atoms with E-state index in [0.29, 0.717) is 29.2 Å². The van der Waals surface area contributed by atoms with Crippen molar-refractivity contribution in [2.24, 2.45) is 0 Å². The van der Waals surface area contributed by atoms with Gasteiger partial charge in [-0.15, -0.1) is 0 Å². The van der Waals surface area contributed by atoms with Crippen molar-refractivity contribution in [3.63, 3.8) is 0 Å². The van der Waals surface area contributed by atoms with Crippen LogP contribution in [-0.4, -0.2) is 27.2 Å². The molecule has 0 aliphatic rings. The molecule has 0 fully saturated rings. The molecule has 2 aromatic heterocycles. The highest BCUT2D eigenvalue weighted by atomic mass is 35.5. The maximum Gasteiger partial charge on any atom is 0.417 e. The minimum absolute atomic E-state index is 0.198. The van der Waals surface area contributed by atoms with Gasteiger partial charge in [-0.3, -0.25) is 4.79 Å². The first-order valence-corrected chi connectivity index (χ1v) is 8.74. The average molecular weight is 409 g/mol. The lowest BCUT2D eigenvalue weighted by Gasteiger charge is -2.08. The van der Waals surface area contributed by atoms with Crippen LogP contribution in [0.5, 0.6) is 0 Å². The molecule has 146 valence electrons. The lowest BCUT2D eigenvalue weighted by Crippen LogP contribution is -2.26. The lowest BCUT2D eigenvalue weighted by atomic mass is 10.1. The van der Waals surface area contributed by atoms with E-state index in [1.165, 1.54) is 16.9 Å². The quantitative estimate of drug-likeness (QED) is 0.687. The van der Waals surface area contributed by atoms with E-state index in [2.05, 4.69) is 15.4 Å². The number of carbonyl (C=O) groups is 1. The number of nitrogens with zero attached hydrogens (tertiary/aromatic N) is 3. The smallest absolute Gasteiger partial charge is 0.352 e. The second-order valence-corrected chi connectivity index (χ2v) is 6.53. The van der Waals surface area contributed by atoms with Crippen LogP contribution in [0, 0.1) is 6.92 Å². The second kappa shape index (κ2) is 8.02. The predicted octanol–water partition coefficient (Wildman–Crippen LogP) is 4.22. The minimum Gasteiger partial charge on any atom is -0.352 e. The number of aromatic nitrogens is 3. The van der Waals surface area contributed by atoms with Crippen LogP contribution < -0.4 is 5.32 Å². The van der Waals surface area contributed by atoms with Gasteiger partial charge < -0.3 is 5.32 Å².